The molecule has 90 valence electrons. The summed E-state index contributed by atoms with van der Waals surface area (Å²) in [6.07, 6.45) is 5.12. The zero-order valence-electron chi connectivity index (χ0n) is 9.75. The van der Waals surface area contributed by atoms with Crippen molar-refractivity contribution in [2.24, 2.45) is 5.92 Å². The summed E-state index contributed by atoms with van der Waals surface area (Å²) < 4.78 is 5.51. The molecule has 1 aliphatic carbocycles. The molecule has 0 spiro atoms. The van der Waals surface area contributed by atoms with Crippen molar-refractivity contribution in [3.8, 4) is 0 Å². The van der Waals surface area contributed by atoms with Crippen molar-refractivity contribution in [1.82, 2.24) is 0 Å². The molecule has 0 amide bonds. The Hall–Kier alpha value is 1.09. The van der Waals surface area contributed by atoms with E-state index in [1.807, 2.05) is 7.05 Å². The summed E-state index contributed by atoms with van der Waals surface area (Å²) in [7, 11) is 1.94. The Kier molecular flexibility index (Phi) is 14.2. The van der Waals surface area contributed by atoms with E-state index in [0.29, 0.717) is 6.04 Å². The van der Waals surface area contributed by atoms with Gasteiger partial charge in [0.1, 0.15) is 0 Å². The molecule has 0 aliphatic heterocycles. The molecule has 0 heterocycles. The van der Waals surface area contributed by atoms with E-state index in [2.05, 4.69) is 21.2 Å². The summed E-state index contributed by atoms with van der Waals surface area (Å²) in [6.45, 7) is 1.79. The number of rotatable bonds is 5. The first-order chi connectivity index (χ1) is 6.36. The fraction of sp³-hybridized carbons (Fsp3) is 0.909. The minimum Gasteiger partial charge on any atom is -0.662 e. The monoisotopic (exact) mass is 447 g/mol. The van der Waals surface area contributed by atoms with Gasteiger partial charge in [0, 0.05) is 11.9 Å². The van der Waals surface area contributed by atoms with Crippen LogP contribution < -0.4 is 0 Å². The van der Waals surface area contributed by atoms with Gasteiger partial charge in [-0.05, 0) is 18.8 Å². The Labute approximate surface area is 117 Å². The summed E-state index contributed by atoms with van der Waals surface area (Å²) in [5.74, 6) is 0.789. The molecule has 0 unspecified atom stereocenters. The van der Waals surface area contributed by atoms with E-state index in [9.17, 15) is 0 Å². The average molecular weight is 448 g/mol. The molecule has 0 bridgehead atoms. The van der Waals surface area contributed by atoms with Gasteiger partial charge in [0.25, 0.3) is 0 Å². The fourth-order valence-corrected chi connectivity index (χ4v) is 2.10. The topological polar surface area (TPSA) is 23.3 Å². The molecule has 15 heavy (non-hydrogen) atoms. The van der Waals surface area contributed by atoms with Crippen molar-refractivity contribution < 1.29 is 25.8 Å². The molecular weight excluding hydrogens is 426 g/mol. The number of nitrogens with zero attached hydrogens (tertiary/aromatic N) is 1. The smallest absolute Gasteiger partial charge is 0.662 e. The molecule has 2 nitrogen and oxygen atoms in total. The number of hydrogen-bond acceptors (Lipinski definition) is 1. The van der Waals surface area contributed by atoms with Crippen LogP contribution in [0, 0.1) is 13.3 Å². The van der Waals surface area contributed by atoms with Crippen LogP contribution in [0.5, 0.6) is 0 Å². The first kappa shape index (κ1) is 18.5. The van der Waals surface area contributed by atoms with Gasteiger partial charge in [-0.15, -0.1) is 6.04 Å². The van der Waals surface area contributed by atoms with Crippen LogP contribution in [0.3, 0.4) is 0 Å². The van der Waals surface area contributed by atoms with Gasteiger partial charge in [0.15, 0.2) is 0 Å². The maximum absolute atomic E-state index is 5.51. The molecule has 1 aliphatic rings. The fourth-order valence-electron chi connectivity index (χ4n) is 1.87. The second-order valence-corrected chi connectivity index (χ2v) is 4.49. The van der Waals surface area contributed by atoms with Gasteiger partial charge < -0.3 is 17.5 Å². The Bertz CT molecular complexity index is 127. The van der Waals surface area contributed by atoms with Crippen molar-refractivity contribution in [2.45, 2.75) is 31.7 Å². The van der Waals surface area contributed by atoms with Crippen LogP contribution in [0.1, 0.15) is 25.7 Å². The SMILES string of the molecule is C[N-]C1CCC(COCCBr)CC1.[CH3-].[W+2]. The quantitative estimate of drug-likeness (QED) is 0.360. The standard InChI is InChI=1S/C10H19BrNO.CH3.W/c1-12-10-4-2-9(3-5-10)8-13-7-6-11;;/h9-10H,2-8H2,1H3;1H3;/q2*-1;+2. The third-order valence-electron chi connectivity index (χ3n) is 2.76. The van der Waals surface area contributed by atoms with Crippen LogP contribution in [0.15, 0.2) is 0 Å². The third-order valence-corrected chi connectivity index (χ3v) is 3.08. The van der Waals surface area contributed by atoms with Gasteiger partial charge >= 0.3 is 21.1 Å². The van der Waals surface area contributed by atoms with Crippen LogP contribution in [0.4, 0.5) is 0 Å². The second kappa shape index (κ2) is 11.6. The van der Waals surface area contributed by atoms with Gasteiger partial charge in [-0.1, -0.05) is 28.8 Å². The number of alkyl halides is 1. The minimum atomic E-state index is 0. The van der Waals surface area contributed by atoms with E-state index in [1.165, 1.54) is 25.7 Å². The minimum absolute atomic E-state index is 0. The van der Waals surface area contributed by atoms with E-state index < -0.39 is 0 Å². The van der Waals surface area contributed by atoms with Crippen LogP contribution in [-0.2, 0) is 25.8 Å². The maximum Gasteiger partial charge on any atom is 2.00 e. The van der Waals surface area contributed by atoms with Gasteiger partial charge in [0.2, 0.25) is 0 Å². The van der Waals surface area contributed by atoms with E-state index >= 15 is 0 Å². The van der Waals surface area contributed by atoms with E-state index in [4.69, 9.17) is 4.74 Å². The molecular formula is C11H22BrNOW. The molecule has 0 atom stereocenters. The Morgan fingerprint density at radius 3 is 2.33 bits per heavy atom. The van der Waals surface area contributed by atoms with Gasteiger partial charge in [-0.3, -0.25) is 0 Å². The molecule has 0 aromatic heterocycles. The van der Waals surface area contributed by atoms with E-state index in [0.717, 1.165) is 24.5 Å². The first-order valence-corrected chi connectivity index (χ1v) is 6.21. The molecule has 1 rings (SSSR count). The van der Waals surface area contributed by atoms with Crippen molar-refractivity contribution >= 4 is 15.9 Å². The molecule has 0 aromatic rings. The summed E-state index contributed by atoms with van der Waals surface area (Å²) in [6, 6.07) is 0.632. The van der Waals surface area contributed by atoms with E-state index in [-0.39, 0.29) is 28.5 Å². The molecule has 0 aromatic carbocycles. The molecule has 4 heteroatoms. The van der Waals surface area contributed by atoms with Crippen molar-refractivity contribution in [3.05, 3.63) is 12.7 Å². The van der Waals surface area contributed by atoms with Crippen molar-refractivity contribution in [2.75, 3.05) is 25.6 Å². The number of ether oxygens (including phenoxy) is 1. The molecule has 1 fully saturated rings. The zero-order chi connectivity index (χ0) is 9.52. The summed E-state index contributed by atoms with van der Waals surface area (Å²) in [5.41, 5.74) is 0. The third kappa shape index (κ3) is 7.90. The Morgan fingerprint density at radius 2 is 1.87 bits per heavy atom. The predicted octanol–water partition coefficient (Wildman–Crippen LogP) is 3.41. The molecule has 0 radical (unpaired) electrons. The van der Waals surface area contributed by atoms with Crippen LogP contribution in [-0.4, -0.2) is 31.6 Å². The summed E-state index contributed by atoms with van der Waals surface area (Å²) in [5, 5.41) is 5.28. The summed E-state index contributed by atoms with van der Waals surface area (Å²) >= 11 is 3.36. The van der Waals surface area contributed by atoms with Crippen molar-refractivity contribution in [3.63, 3.8) is 0 Å². The average Bonchev–Trinajstić information content (AvgIpc) is 2.19. The second-order valence-electron chi connectivity index (χ2n) is 3.70. The van der Waals surface area contributed by atoms with E-state index in [1.54, 1.807) is 0 Å². The number of halogens is 1. The van der Waals surface area contributed by atoms with Gasteiger partial charge in [-0.25, -0.2) is 0 Å². The van der Waals surface area contributed by atoms with Gasteiger partial charge in [-0.2, -0.15) is 7.05 Å². The van der Waals surface area contributed by atoms with Crippen LogP contribution in [0.2, 0.25) is 0 Å². The van der Waals surface area contributed by atoms with Crippen LogP contribution >= 0.6 is 15.9 Å². The zero-order valence-corrected chi connectivity index (χ0v) is 14.3. The Balaban J connectivity index is 0. The van der Waals surface area contributed by atoms with Crippen LogP contribution in [0.25, 0.3) is 5.32 Å². The first-order valence-electron chi connectivity index (χ1n) is 5.09. The molecule has 1 saturated carbocycles. The normalized spacial score (nSPS) is 25.2. The van der Waals surface area contributed by atoms with Crippen molar-refractivity contribution in [1.29, 1.82) is 0 Å². The molecule has 0 N–H and O–H groups in total. The predicted molar refractivity (Wildman–Crippen MR) is 66.1 cm³/mol. The maximum atomic E-state index is 5.51. The largest absolute Gasteiger partial charge is 2.00 e. The van der Waals surface area contributed by atoms with Gasteiger partial charge in [0.05, 0.1) is 6.61 Å². The number of hydrogen-bond donors (Lipinski definition) is 0. The molecule has 0 saturated heterocycles. The summed E-state index contributed by atoms with van der Waals surface area (Å²) in [4.78, 5) is 0. The Morgan fingerprint density at radius 1 is 1.27 bits per heavy atom.